The standard InChI is InChI=1S/C14H29N3O/c1-5-8-17-9-6-12(7-10-17)16-11-14(2,3)13(18)15-4/h12,16H,5-11H2,1-4H3,(H,15,18). The summed E-state index contributed by atoms with van der Waals surface area (Å²) in [6.07, 6.45) is 3.63. The number of piperidine rings is 1. The molecule has 2 N–H and O–H groups in total. The highest BCUT2D eigenvalue weighted by molar-refractivity contribution is 5.81. The predicted octanol–water partition coefficient (Wildman–Crippen LogP) is 1.22. The first-order valence-corrected chi connectivity index (χ1v) is 7.17. The van der Waals surface area contributed by atoms with Gasteiger partial charge in [0.05, 0.1) is 5.41 Å². The van der Waals surface area contributed by atoms with Crippen LogP contribution in [0.5, 0.6) is 0 Å². The Balaban J connectivity index is 2.27. The smallest absolute Gasteiger partial charge is 0.226 e. The van der Waals surface area contributed by atoms with Gasteiger partial charge in [0.2, 0.25) is 5.91 Å². The van der Waals surface area contributed by atoms with Gasteiger partial charge < -0.3 is 15.5 Å². The number of nitrogens with zero attached hydrogens (tertiary/aromatic N) is 1. The Morgan fingerprint density at radius 1 is 1.33 bits per heavy atom. The third kappa shape index (κ3) is 4.58. The van der Waals surface area contributed by atoms with E-state index < -0.39 is 0 Å². The molecule has 1 heterocycles. The van der Waals surface area contributed by atoms with E-state index in [2.05, 4.69) is 22.5 Å². The van der Waals surface area contributed by atoms with Gasteiger partial charge in [-0.2, -0.15) is 0 Å². The van der Waals surface area contributed by atoms with Crippen LogP contribution in [-0.4, -0.2) is 50.1 Å². The molecule has 4 nitrogen and oxygen atoms in total. The maximum atomic E-state index is 11.7. The van der Waals surface area contributed by atoms with Gasteiger partial charge in [0.25, 0.3) is 0 Å². The molecule has 1 rings (SSSR count). The minimum atomic E-state index is -0.324. The summed E-state index contributed by atoms with van der Waals surface area (Å²) in [6, 6.07) is 0.571. The molecule has 0 unspecified atom stereocenters. The molecule has 0 aromatic rings. The van der Waals surface area contributed by atoms with Gasteiger partial charge in [0.1, 0.15) is 0 Å². The quantitative estimate of drug-likeness (QED) is 0.750. The fourth-order valence-corrected chi connectivity index (χ4v) is 2.50. The van der Waals surface area contributed by atoms with Crippen molar-refractivity contribution in [2.24, 2.45) is 5.41 Å². The summed E-state index contributed by atoms with van der Waals surface area (Å²) >= 11 is 0. The van der Waals surface area contributed by atoms with Crippen molar-refractivity contribution >= 4 is 5.91 Å². The van der Waals surface area contributed by atoms with Crippen molar-refractivity contribution in [2.45, 2.75) is 46.1 Å². The molecule has 18 heavy (non-hydrogen) atoms. The Morgan fingerprint density at radius 3 is 2.44 bits per heavy atom. The first kappa shape index (κ1) is 15.4. The summed E-state index contributed by atoms with van der Waals surface area (Å²) in [7, 11) is 1.70. The Labute approximate surface area is 111 Å². The van der Waals surface area contributed by atoms with Gasteiger partial charge in [0, 0.05) is 19.6 Å². The molecule has 0 aliphatic carbocycles. The molecule has 4 heteroatoms. The van der Waals surface area contributed by atoms with Crippen molar-refractivity contribution < 1.29 is 4.79 Å². The van der Waals surface area contributed by atoms with E-state index in [1.165, 1.54) is 38.9 Å². The van der Waals surface area contributed by atoms with Crippen LogP contribution in [0.4, 0.5) is 0 Å². The van der Waals surface area contributed by atoms with Crippen molar-refractivity contribution in [1.29, 1.82) is 0 Å². The zero-order chi connectivity index (χ0) is 13.6. The third-order valence-corrected chi connectivity index (χ3v) is 3.80. The van der Waals surface area contributed by atoms with Gasteiger partial charge in [-0.3, -0.25) is 4.79 Å². The Morgan fingerprint density at radius 2 is 1.94 bits per heavy atom. The van der Waals surface area contributed by atoms with E-state index in [0.717, 1.165) is 6.54 Å². The second kappa shape index (κ2) is 7.10. The van der Waals surface area contributed by atoms with Gasteiger partial charge in [-0.25, -0.2) is 0 Å². The van der Waals surface area contributed by atoms with E-state index in [4.69, 9.17) is 0 Å². The summed E-state index contributed by atoms with van der Waals surface area (Å²) in [5, 5.41) is 6.28. The van der Waals surface area contributed by atoms with Crippen LogP contribution in [-0.2, 0) is 4.79 Å². The van der Waals surface area contributed by atoms with Gasteiger partial charge >= 0.3 is 0 Å². The molecular formula is C14H29N3O. The summed E-state index contributed by atoms with van der Waals surface area (Å²) in [5.74, 6) is 0.110. The van der Waals surface area contributed by atoms with Crippen LogP contribution in [0.25, 0.3) is 0 Å². The summed E-state index contributed by atoms with van der Waals surface area (Å²) in [6.45, 7) is 10.6. The molecule has 1 fully saturated rings. The first-order valence-electron chi connectivity index (χ1n) is 7.17. The van der Waals surface area contributed by atoms with E-state index in [0.29, 0.717) is 6.04 Å². The van der Waals surface area contributed by atoms with Gasteiger partial charge in [-0.15, -0.1) is 0 Å². The molecule has 1 saturated heterocycles. The molecule has 1 amide bonds. The Kier molecular flexibility index (Phi) is 6.09. The average Bonchev–Trinajstić information content (AvgIpc) is 2.37. The fraction of sp³-hybridized carbons (Fsp3) is 0.929. The number of carbonyl (C=O) groups excluding carboxylic acids is 1. The maximum Gasteiger partial charge on any atom is 0.226 e. The van der Waals surface area contributed by atoms with Crippen LogP contribution in [0, 0.1) is 5.41 Å². The lowest BCUT2D eigenvalue weighted by Crippen LogP contribution is -2.48. The second-order valence-electron chi connectivity index (χ2n) is 5.96. The van der Waals surface area contributed by atoms with Crippen molar-refractivity contribution in [3.63, 3.8) is 0 Å². The molecule has 0 saturated carbocycles. The van der Waals surface area contributed by atoms with Gasteiger partial charge in [-0.05, 0) is 52.7 Å². The minimum Gasteiger partial charge on any atom is -0.359 e. The van der Waals surface area contributed by atoms with E-state index in [-0.39, 0.29) is 11.3 Å². The molecule has 1 aliphatic heterocycles. The number of carbonyl (C=O) groups is 1. The summed E-state index contributed by atoms with van der Waals surface area (Å²) < 4.78 is 0. The highest BCUT2D eigenvalue weighted by Gasteiger charge is 2.28. The van der Waals surface area contributed by atoms with E-state index in [9.17, 15) is 4.79 Å². The lowest BCUT2D eigenvalue weighted by atomic mass is 9.91. The minimum absolute atomic E-state index is 0.110. The van der Waals surface area contributed by atoms with Crippen molar-refractivity contribution in [3.05, 3.63) is 0 Å². The first-order chi connectivity index (χ1) is 8.49. The SMILES string of the molecule is CCCN1CCC(NCC(C)(C)C(=O)NC)CC1. The predicted molar refractivity (Wildman–Crippen MR) is 75.6 cm³/mol. The normalized spacial score (nSPS) is 18.9. The molecule has 0 aromatic heterocycles. The van der Waals surface area contributed by atoms with Crippen LogP contribution < -0.4 is 10.6 Å². The lowest BCUT2D eigenvalue weighted by Gasteiger charge is -2.34. The molecular weight excluding hydrogens is 226 g/mol. The number of amides is 1. The summed E-state index contributed by atoms with van der Waals surface area (Å²) in [5.41, 5.74) is -0.324. The number of hydrogen-bond donors (Lipinski definition) is 2. The highest BCUT2D eigenvalue weighted by Crippen LogP contribution is 2.16. The molecule has 106 valence electrons. The van der Waals surface area contributed by atoms with Gasteiger partial charge in [-0.1, -0.05) is 6.92 Å². The van der Waals surface area contributed by atoms with Crippen LogP contribution in [0.2, 0.25) is 0 Å². The lowest BCUT2D eigenvalue weighted by molar-refractivity contribution is -0.128. The number of nitrogens with one attached hydrogen (secondary N) is 2. The molecule has 1 aliphatic rings. The topological polar surface area (TPSA) is 44.4 Å². The third-order valence-electron chi connectivity index (χ3n) is 3.80. The zero-order valence-electron chi connectivity index (χ0n) is 12.4. The van der Waals surface area contributed by atoms with Crippen molar-refractivity contribution in [2.75, 3.05) is 33.2 Å². The highest BCUT2D eigenvalue weighted by atomic mass is 16.2. The monoisotopic (exact) mass is 255 g/mol. The average molecular weight is 255 g/mol. The Bertz CT molecular complexity index is 258. The van der Waals surface area contributed by atoms with Crippen molar-refractivity contribution in [3.8, 4) is 0 Å². The van der Waals surface area contributed by atoms with Gasteiger partial charge in [0.15, 0.2) is 0 Å². The fourth-order valence-electron chi connectivity index (χ4n) is 2.50. The zero-order valence-corrected chi connectivity index (χ0v) is 12.4. The summed E-state index contributed by atoms with van der Waals surface area (Å²) in [4.78, 5) is 14.2. The van der Waals surface area contributed by atoms with E-state index >= 15 is 0 Å². The second-order valence-corrected chi connectivity index (χ2v) is 5.96. The number of likely N-dealkylation sites (tertiary alicyclic amines) is 1. The maximum absolute atomic E-state index is 11.7. The molecule has 0 atom stereocenters. The Hall–Kier alpha value is -0.610. The van der Waals surface area contributed by atoms with Crippen LogP contribution in [0.1, 0.15) is 40.0 Å². The largest absolute Gasteiger partial charge is 0.359 e. The molecule has 0 aromatic carbocycles. The van der Waals surface area contributed by atoms with Crippen LogP contribution >= 0.6 is 0 Å². The molecule has 0 bridgehead atoms. The van der Waals surface area contributed by atoms with Crippen LogP contribution in [0.3, 0.4) is 0 Å². The molecule has 0 spiro atoms. The van der Waals surface area contributed by atoms with Crippen molar-refractivity contribution in [1.82, 2.24) is 15.5 Å². The van der Waals surface area contributed by atoms with E-state index in [1.807, 2.05) is 13.8 Å². The number of hydrogen-bond acceptors (Lipinski definition) is 3. The molecule has 0 radical (unpaired) electrons. The number of rotatable bonds is 6. The van der Waals surface area contributed by atoms with E-state index in [1.54, 1.807) is 7.05 Å². The van der Waals surface area contributed by atoms with Crippen LogP contribution in [0.15, 0.2) is 0 Å².